The molecule has 7 nitrogen and oxygen atoms in total. The van der Waals surface area contributed by atoms with Crippen molar-refractivity contribution in [3.63, 3.8) is 0 Å². The molecule has 0 radical (unpaired) electrons. The third kappa shape index (κ3) is 3.73. The van der Waals surface area contributed by atoms with Gasteiger partial charge in [0.15, 0.2) is 0 Å². The van der Waals surface area contributed by atoms with Gasteiger partial charge in [-0.25, -0.2) is 9.78 Å². The highest BCUT2D eigenvalue weighted by atomic mass is 32.2. The minimum atomic E-state index is -0.918. The number of carbonyl (C=O) groups is 3. The molecule has 2 rings (SSSR count). The summed E-state index contributed by atoms with van der Waals surface area (Å²) in [6.07, 6.45) is -0.0989. The van der Waals surface area contributed by atoms with Gasteiger partial charge in [0, 0.05) is 17.7 Å². The van der Waals surface area contributed by atoms with Crippen molar-refractivity contribution in [2.24, 2.45) is 0 Å². The predicted octanol–water partition coefficient (Wildman–Crippen LogP) is 1.19. The van der Waals surface area contributed by atoms with E-state index >= 15 is 0 Å². The summed E-state index contributed by atoms with van der Waals surface area (Å²) in [6.45, 7) is 3.63. The number of thiazole rings is 1. The molecule has 1 fully saturated rings. The molecule has 0 aromatic carbocycles. The number of nitrogens with one attached hydrogen (secondary N) is 1. The quantitative estimate of drug-likeness (QED) is 0.601. The number of amides is 3. The van der Waals surface area contributed by atoms with Crippen molar-refractivity contribution in [2.45, 2.75) is 30.1 Å². The first-order chi connectivity index (χ1) is 9.79. The van der Waals surface area contributed by atoms with Crippen LogP contribution in [-0.2, 0) is 16.0 Å². The molecule has 1 aliphatic rings. The Balaban J connectivity index is 1.85. The molecule has 114 valence electrons. The van der Waals surface area contributed by atoms with Gasteiger partial charge in [0.2, 0.25) is 0 Å². The van der Waals surface area contributed by atoms with Gasteiger partial charge in [0.05, 0.1) is 12.1 Å². The maximum Gasteiger partial charge on any atom is 0.325 e. The summed E-state index contributed by atoms with van der Waals surface area (Å²) in [5, 5.41) is 13.0. The van der Waals surface area contributed by atoms with Gasteiger partial charge >= 0.3 is 12.0 Å². The molecule has 1 aromatic heterocycles. The Labute approximate surface area is 129 Å². The minimum absolute atomic E-state index is 0.0989. The van der Waals surface area contributed by atoms with E-state index in [4.69, 9.17) is 5.11 Å². The van der Waals surface area contributed by atoms with Gasteiger partial charge in [-0.2, -0.15) is 0 Å². The van der Waals surface area contributed by atoms with Crippen LogP contribution in [0, 0.1) is 0 Å². The van der Waals surface area contributed by atoms with Crippen LogP contribution in [0.4, 0.5) is 4.79 Å². The molecule has 0 atom stereocenters. The van der Waals surface area contributed by atoms with Gasteiger partial charge in [-0.1, -0.05) is 11.8 Å². The molecule has 9 heteroatoms. The molecule has 0 spiro atoms. The normalized spacial score (nSPS) is 17.1. The topological polar surface area (TPSA) is 99.6 Å². The molecule has 1 saturated heterocycles. The number of urea groups is 1. The number of aliphatic carboxylic acids is 1. The zero-order chi connectivity index (χ0) is 15.6. The number of thioether (sulfide) groups is 1. The van der Waals surface area contributed by atoms with Crippen LogP contribution < -0.4 is 5.32 Å². The first kappa shape index (κ1) is 15.8. The summed E-state index contributed by atoms with van der Waals surface area (Å²) in [7, 11) is 0. The molecule has 1 aliphatic heterocycles. The van der Waals surface area contributed by atoms with Crippen LogP contribution in [0.2, 0.25) is 0 Å². The van der Waals surface area contributed by atoms with Crippen LogP contribution in [0.15, 0.2) is 9.72 Å². The van der Waals surface area contributed by atoms with Gasteiger partial charge in [0.25, 0.3) is 5.91 Å². The molecule has 0 aliphatic carbocycles. The van der Waals surface area contributed by atoms with Gasteiger partial charge < -0.3 is 10.4 Å². The smallest absolute Gasteiger partial charge is 0.325 e. The average Bonchev–Trinajstić information content (AvgIpc) is 2.86. The van der Waals surface area contributed by atoms with Crippen LogP contribution in [0.5, 0.6) is 0 Å². The largest absolute Gasteiger partial charge is 0.481 e. The molecule has 3 amide bonds. The number of nitrogens with zero attached hydrogens (tertiary/aromatic N) is 2. The third-order valence-corrected chi connectivity index (χ3v) is 4.90. The maximum atomic E-state index is 12.0. The average molecular weight is 329 g/mol. The van der Waals surface area contributed by atoms with Crippen LogP contribution in [0.25, 0.3) is 0 Å². The predicted molar refractivity (Wildman–Crippen MR) is 78.5 cm³/mol. The number of imide groups is 1. The standard InChI is InChI=1S/C12H15N3O4S2/c1-12(2)9(18)15(10(19)14-12)3-4-20-11-13-7(6-21-11)5-8(16)17/h6H,3-5H2,1-2H3,(H,14,19)(H,16,17). The summed E-state index contributed by atoms with van der Waals surface area (Å²) in [4.78, 5) is 39.6. The number of carboxylic acid groups (broad SMARTS) is 1. The number of hydrogen-bond acceptors (Lipinski definition) is 6. The first-order valence-electron chi connectivity index (χ1n) is 6.23. The van der Waals surface area contributed by atoms with Gasteiger partial charge in [0.1, 0.15) is 9.88 Å². The molecule has 2 heterocycles. The van der Waals surface area contributed by atoms with Crippen molar-refractivity contribution in [1.29, 1.82) is 0 Å². The Hall–Kier alpha value is -1.61. The molecule has 0 unspecified atom stereocenters. The maximum absolute atomic E-state index is 12.0. The van der Waals surface area contributed by atoms with Crippen molar-refractivity contribution in [3.8, 4) is 0 Å². The summed E-state index contributed by atoms with van der Waals surface area (Å²) >= 11 is 2.76. The van der Waals surface area contributed by atoms with E-state index in [1.165, 1.54) is 28.0 Å². The lowest BCUT2D eigenvalue weighted by atomic mass is 10.1. The van der Waals surface area contributed by atoms with Crippen molar-refractivity contribution >= 4 is 41.0 Å². The highest BCUT2D eigenvalue weighted by molar-refractivity contribution is 8.01. The van der Waals surface area contributed by atoms with Crippen molar-refractivity contribution < 1.29 is 19.5 Å². The number of aromatic nitrogens is 1. The van der Waals surface area contributed by atoms with Crippen molar-refractivity contribution in [3.05, 3.63) is 11.1 Å². The number of hydrogen-bond donors (Lipinski definition) is 2. The Morgan fingerprint density at radius 1 is 1.52 bits per heavy atom. The summed E-state index contributed by atoms with van der Waals surface area (Å²) in [5.74, 6) is -0.632. The summed E-state index contributed by atoms with van der Waals surface area (Å²) in [6, 6.07) is -0.378. The lowest BCUT2D eigenvalue weighted by molar-refractivity contribution is -0.136. The van der Waals surface area contributed by atoms with E-state index in [0.29, 0.717) is 18.0 Å². The second-order valence-corrected chi connectivity index (χ2v) is 7.24. The number of carboxylic acids is 1. The highest BCUT2D eigenvalue weighted by Crippen LogP contribution is 2.24. The lowest BCUT2D eigenvalue weighted by Gasteiger charge is -2.15. The monoisotopic (exact) mass is 329 g/mol. The SMILES string of the molecule is CC1(C)NC(=O)N(CCSc2nc(CC(=O)O)cs2)C1=O. The fourth-order valence-electron chi connectivity index (χ4n) is 1.84. The Morgan fingerprint density at radius 3 is 2.81 bits per heavy atom. The van der Waals surface area contributed by atoms with E-state index in [2.05, 4.69) is 10.3 Å². The molecule has 21 heavy (non-hydrogen) atoms. The zero-order valence-electron chi connectivity index (χ0n) is 11.6. The van der Waals surface area contributed by atoms with E-state index in [-0.39, 0.29) is 18.4 Å². The molecular weight excluding hydrogens is 314 g/mol. The Morgan fingerprint density at radius 2 is 2.24 bits per heavy atom. The Bertz CT molecular complexity index is 585. The van der Waals surface area contributed by atoms with Crippen LogP contribution in [0.3, 0.4) is 0 Å². The fourth-order valence-corrected chi connectivity index (χ4v) is 3.68. The van der Waals surface area contributed by atoms with E-state index in [1.54, 1.807) is 19.2 Å². The summed E-state index contributed by atoms with van der Waals surface area (Å²) < 4.78 is 0.734. The molecule has 1 aromatic rings. The van der Waals surface area contributed by atoms with Crippen LogP contribution >= 0.6 is 23.1 Å². The number of rotatable bonds is 6. The second-order valence-electron chi connectivity index (χ2n) is 5.04. The molecule has 0 saturated carbocycles. The van der Waals surface area contributed by atoms with Gasteiger partial charge in [-0.15, -0.1) is 11.3 Å². The number of carbonyl (C=O) groups excluding carboxylic acids is 2. The molecule has 2 N–H and O–H groups in total. The van der Waals surface area contributed by atoms with Gasteiger partial charge in [-0.05, 0) is 13.8 Å². The highest BCUT2D eigenvalue weighted by Gasteiger charge is 2.43. The third-order valence-electron chi connectivity index (χ3n) is 2.85. The first-order valence-corrected chi connectivity index (χ1v) is 8.09. The summed E-state index contributed by atoms with van der Waals surface area (Å²) in [5.41, 5.74) is -0.330. The van der Waals surface area contributed by atoms with E-state index < -0.39 is 11.5 Å². The van der Waals surface area contributed by atoms with Crippen LogP contribution in [-0.4, -0.2) is 50.7 Å². The molecule has 0 bridgehead atoms. The Kier molecular flexibility index (Phi) is 4.52. The zero-order valence-corrected chi connectivity index (χ0v) is 13.2. The minimum Gasteiger partial charge on any atom is -0.481 e. The second kappa shape index (κ2) is 6.02. The van der Waals surface area contributed by atoms with E-state index in [9.17, 15) is 14.4 Å². The molecular formula is C12H15N3O4S2. The van der Waals surface area contributed by atoms with E-state index in [0.717, 1.165) is 4.34 Å². The fraction of sp³-hybridized carbons (Fsp3) is 0.500. The van der Waals surface area contributed by atoms with Crippen molar-refractivity contribution in [1.82, 2.24) is 15.2 Å². The van der Waals surface area contributed by atoms with Crippen LogP contribution in [0.1, 0.15) is 19.5 Å². The lowest BCUT2D eigenvalue weighted by Crippen LogP contribution is -2.40. The van der Waals surface area contributed by atoms with Gasteiger partial charge in [-0.3, -0.25) is 14.5 Å². The van der Waals surface area contributed by atoms with Crippen molar-refractivity contribution in [2.75, 3.05) is 12.3 Å². The van der Waals surface area contributed by atoms with E-state index in [1.807, 2.05) is 0 Å².